The fourth-order valence-corrected chi connectivity index (χ4v) is 0.697. The molecule has 50 valence electrons. The third-order valence-electron chi connectivity index (χ3n) is 1.57. The maximum atomic E-state index is 8.95. The van der Waals surface area contributed by atoms with Gasteiger partial charge in [0, 0.05) is 0 Å². The van der Waals surface area contributed by atoms with E-state index in [1.165, 1.54) is 6.42 Å². The molecule has 0 aromatic rings. The normalized spacial score (nSPS) is 18.0. The maximum absolute atomic E-state index is 8.95. The summed E-state index contributed by atoms with van der Waals surface area (Å²) < 4.78 is 0. The van der Waals surface area contributed by atoms with Crippen molar-refractivity contribution in [3.63, 3.8) is 0 Å². The van der Waals surface area contributed by atoms with Crippen LogP contribution in [0, 0.1) is 5.92 Å². The Kier molecular flexibility index (Phi) is 3.88. The van der Waals surface area contributed by atoms with Gasteiger partial charge in [-0.1, -0.05) is 20.3 Å². The molecule has 0 heterocycles. The summed E-state index contributed by atoms with van der Waals surface area (Å²) in [5, 5.41) is 8.95. The molecular formula is C7H16O. The van der Waals surface area contributed by atoms with Crippen molar-refractivity contribution in [2.75, 3.05) is 0 Å². The van der Waals surface area contributed by atoms with Crippen LogP contribution in [-0.4, -0.2) is 11.2 Å². The summed E-state index contributed by atoms with van der Waals surface area (Å²) in [6, 6.07) is 0. The van der Waals surface area contributed by atoms with Crippen LogP contribution in [0.2, 0.25) is 0 Å². The third kappa shape index (κ3) is 3.03. The van der Waals surface area contributed by atoms with Gasteiger partial charge in [-0.2, -0.15) is 0 Å². The zero-order valence-electron chi connectivity index (χ0n) is 6.02. The van der Waals surface area contributed by atoms with Crippen LogP contribution >= 0.6 is 0 Å². The Morgan fingerprint density at radius 2 is 1.88 bits per heavy atom. The van der Waals surface area contributed by atoms with Gasteiger partial charge in [-0.15, -0.1) is 0 Å². The second kappa shape index (κ2) is 3.90. The van der Waals surface area contributed by atoms with E-state index in [4.69, 9.17) is 5.11 Å². The fraction of sp³-hybridized carbons (Fsp3) is 1.00. The van der Waals surface area contributed by atoms with Gasteiger partial charge in [0.25, 0.3) is 0 Å². The van der Waals surface area contributed by atoms with Crippen molar-refractivity contribution >= 4 is 0 Å². The molecule has 1 heteroatoms. The van der Waals surface area contributed by atoms with E-state index in [2.05, 4.69) is 13.8 Å². The Morgan fingerprint density at radius 3 is 2.00 bits per heavy atom. The Morgan fingerprint density at radius 1 is 1.38 bits per heavy atom. The molecule has 0 fully saturated rings. The van der Waals surface area contributed by atoms with Gasteiger partial charge in [-0.3, -0.25) is 0 Å². The van der Waals surface area contributed by atoms with Crippen LogP contribution in [0.25, 0.3) is 0 Å². The minimum absolute atomic E-state index is 0.130. The van der Waals surface area contributed by atoms with Crippen LogP contribution in [0.15, 0.2) is 0 Å². The molecule has 0 saturated carbocycles. The molecule has 0 saturated heterocycles. The Labute approximate surface area is 51.7 Å². The topological polar surface area (TPSA) is 20.2 Å². The van der Waals surface area contributed by atoms with Crippen LogP contribution < -0.4 is 0 Å². The predicted octanol–water partition coefficient (Wildman–Crippen LogP) is 1.80. The Hall–Kier alpha value is -0.0400. The van der Waals surface area contributed by atoms with E-state index >= 15 is 0 Å². The van der Waals surface area contributed by atoms with Gasteiger partial charge in [0.05, 0.1) is 6.10 Å². The molecule has 0 amide bonds. The van der Waals surface area contributed by atoms with E-state index in [0.29, 0.717) is 5.92 Å². The van der Waals surface area contributed by atoms with E-state index in [9.17, 15) is 0 Å². The summed E-state index contributed by atoms with van der Waals surface area (Å²) in [5.74, 6) is 0.472. The van der Waals surface area contributed by atoms with Crippen molar-refractivity contribution in [2.45, 2.75) is 39.7 Å². The van der Waals surface area contributed by atoms with Crippen molar-refractivity contribution in [1.82, 2.24) is 0 Å². The minimum Gasteiger partial charge on any atom is -0.393 e. The monoisotopic (exact) mass is 116 g/mol. The van der Waals surface area contributed by atoms with Crippen molar-refractivity contribution in [2.24, 2.45) is 5.92 Å². The predicted molar refractivity (Wildman–Crippen MR) is 35.8 cm³/mol. The number of rotatable bonds is 3. The molecule has 0 radical (unpaired) electrons. The highest BCUT2D eigenvalue weighted by Gasteiger charge is 2.05. The lowest BCUT2D eigenvalue weighted by Gasteiger charge is -2.11. The summed E-state index contributed by atoms with van der Waals surface area (Å²) in [4.78, 5) is 0. The molecule has 0 rings (SSSR count). The van der Waals surface area contributed by atoms with Crippen molar-refractivity contribution in [1.29, 1.82) is 0 Å². The van der Waals surface area contributed by atoms with Gasteiger partial charge in [0.1, 0.15) is 0 Å². The minimum atomic E-state index is -0.130. The Bertz CT molecular complexity index is 50.3. The quantitative estimate of drug-likeness (QED) is 0.596. The van der Waals surface area contributed by atoms with Crippen molar-refractivity contribution in [3.05, 3.63) is 0 Å². The lowest BCUT2D eigenvalue weighted by atomic mass is 10.0. The third-order valence-corrected chi connectivity index (χ3v) is 1.57. The molecular weight excluding hydrogens is 100 g/mol. The molecule has 2 atom stereocenters. The second-order valence-corrected chi connectivity index (χ2v) is 2.51. The first-order chi connectivity index (χ1) is 3.68. The van der Waals surface area contributed by atoms with Gasteiger partial charge in [0.2, 0.25) is 0 Å². The molecule has 0 aliphatic heterocycles. The van der Waals surface area contributed by atoms with Crippen LogP contribution in [0.1, 0.15) is 33.6 Å². The summed E-state index contributed by atoms with van der Waals surface area (Å²) in [7, 11) is 0. The van der Waals surface area contributed by atoms with Gasteiger partial charge < -0.3 is 5.11 Å². The van der Waals surface area contributed by atoms with E-state index in [1.807, 2.05) is 6.92 Å². The number of hydrogen-bond acceptors (Lipinski definition) is 1. The number of aliphatic hydroxyl groups excluding tert-OH is 1. The van der Waals surface area contributed by atoms with E-state index < -0.39 is 0 Å². The van der Waals surface area contributed by atoms with Crippen molar-refractivity contribution < 1.29 is 5.11 Å². The van der Waals surface area contributed by atoms with Crippen molar-refractivity contribution in [3.8, 4) is 0 Å². The summed E-state index contributed by atoms with van der Waals surface area (Å²) in [6.07, 6.45) is 2.18. The van der Waals surface area contributed by atoms with Crippen LogP contribution in [0.3, 0.4) is 0 Å². The standard InChI is InChI=1S/C7H16O/c1-4-5-6(2)7(3)8/h6-8H,4-5H2,1-3H3/t6-,7+/m1/s1. The fourth-order valence-electron chi connectivity index (χ4n) is 0.697. The average Bonchev–Trinajstić information content (AvgIpc) is 1.67. The number of aliphatic hydroxyl groups is 1. The summed E-state index contributed by atoms with van der Waals surface area (Å²) >= 11 is 0. The molecule has 0 spiro atoms. The van der Waals surface area contributed by atoms with Gasteiger partial charge >= 0.3 is 0 Å². The second-order valence-electron chi connectivity index (χ2n) is 2.51. The highest BCUT2D eigenvalue weighted by Crippen LogP contribution is 2.08. The van der Waals surface area contributed by atoms with Crippen LogP contribution in [-0.2, 0) is 0 Å². The summed E-state index contributed by atoms with van der Waals surface area (Å²) in [6.45, 7) is 6.06. The molecule has 0 aliphatic rings. The van der Waals surface area contributed by atoms with E-state index in [-0.39, 0.29) is 6.10 Å². The zero-order valence-corrected chi connectivity index (χ0v) is 6.02. The van der Waals surface area contributed by atoms with Crippen LogP contribution in [0.5, 0.6) is 0 Å². The smallest absolute Gasteiger partial charge is 0.0537 e. The highest BCUT2D eigenvalue weighted by atomic mass is 16.3. The average molecular weight is 116 g/mol. The maximum Gasteiger partial charge on any atom is 0.0537 e. The lowest BCUT2D eigenvalue weighted by molar-refractivity contribution is 0.129. The van der Waals surface area contributed by atoms with Crippen LogP contribution in [0.4, 0.5) is 0 Å². The lowest BCUT2D eigenvalue weighted by Crippen LogP contribution is -2.11. The van der Waals surface area contributed by atoms with Gasteiger partial charge in [-0.05, 0) is 19.3 Å². The molecule has 1 nitrogen and oxygen atoms in total. The first-order valence-electron chi connectivity index (χ1n) is 3.36. The first-order valence-corrected chi connectivity index (χ1v) is 3.36. The van der Waals surface area contributed by atoms with Gasteiger partial charge in [-0.25, -0.2) is 0 Å². The molecule has 0 aliphatic carbocycles. The zero-order chi connectivity index (χ0) is 6.57. The molecule has 1 N–H and O–H groups in total. The first kappa shape index (κ1) is 7.96. The van der Waals surface area contributed by atoms with Gasteiger partial charge in [0.15, 0.2) is 0 Å². The summed E-state index contributed by atoms with van der Waals surface area (Å²) in [5.41, 5.74) is 0. The molecule has 8 heavy (non-hydrogen) atoms. The highest BCUT2D eigenvalue weighted by molar-refractivity contribution is 4.56. The molecule has 0 aromatic carbocycles. The Balaban J connectivity index is 3.17. The number of hydrogen-bond donors (Lipinski definition) is 1. The largest absolute Gasteiger partial charge is 0.393 e. The van der Waals surface area contributed by atoms with E-state index in [0.717, 1.165) is 6.42 Å². The SMILES string of the molecule is CCC[C@@H](C)[C@H](C)O. The molecule has 0 unspecified atom stereocenters. The van der Waals surface area contributed by atoms with E-state index in [1.54, 1.807) is 0 Å². The molecule has 0 bridgehead atoms. The molecule has 0 aromatic heterocycles.